The predicted molar refractivity (Wildman–Crippen MR) is 108 cm³/mol. The molecule has 0 radical (unpaired) electrons. The second-order valence-electron chi connectivity index (χ2n) is 6.49. The van der Waals surface area contributed by atoms with E-state index in [-0.39, 0.29) is 6.42 Å². The van der Waals surface area contributed by atoms with Gasteiger partial charge in [-0.1, -0.05) is 12.1 Å². The molecule has 0 unspecified atom stereocenters. The summed E-state index contributed by atoms with van der Waals surface area (Å²) in [6.45, 7) is 1.44. The summed E-state index contributed by atoms with van der Waals surface area (Å²) >= 11 is 0. The smallest absolute Gasteiger partial charge is 0.310 e. The molecule has 0 saturated carbocycles. The van der Waals surface area contributed by atoms with Crippen LogP contribution in [0.4, 0.5) is 11.4 Å². The molecule has 2 aromatic carbocycles. The Bertz CT molecular complexity index is 960. The van der Waals surface area contributed by atoms with Crippen LogP contribution in [0.15, 0.2) is 42.5 Å². The minimum Gasteiger partial charge on any atom is -0.493 e. The molecule has 0 bridgehead atoms. The fraction of sp³-hybridized carbons (Fsp3) is 0.286. The van der Waals surface area contributed by atoms with Gasteiger partial charge >= 0.3 is 5.97 Å². The van der Waals surface area contributed by atoms with Gasteiger partial charge in [0.05, 0.1) is 26.3 Å². The Hall–Kier alpha value is -3.75. The highest BCUT2D eigenvalue weighted by molar-refractivity contribution is 6.00. The van der Waals surface area contributed by atoms with Crippen molar-refractivity contribution in [3.8, 4) is 17.2 Å². The van der Waals surface area contributed by atoms with Gasteiger partial charge in [-0.2, -0.15) is 0 Å². The third-order valence-corrected chi connectivity index (χ3v) is 4.39. The van der Waals surface area contributed by atoms with Gasteiger partial charge in [-0.05, 0) is 31.2 Å². The molecule has 1 aliphatic heterocycles. The summed E-state index contributed by atoms with van der Waals surface area (Å²) in [6, 6.07) is 11.8. The average Bonchev–Trinajstić information content (AvgIpc) is 2.74. The first kappa shape index (κ1) is 21.0. The first-order valence-corrected chi connectivity index (χ1v) is 9.20. The van der Waals surface area contributed by atoms with E-state index in [1.165, 1.54) is 21.1 Å². The van der Waals surface area contributed by atoms with E-state index in [9.17, 15) is 14.4 Å². The maximum absolute atomic E-state index is 12.4. The van der Waals surface area contributed by atoms with Crippen molar-refractivity contribution in [2.45, 2.75) is 25.6 Å². The van der Waals surface area contributed by atoms with E-state index in [4.69, 9.17) is 18.9 Å². The van der Waals surface area contributed by atoms with Crippen molar-refractivity contribution in [2.24, 2.45) is 0 Å². The zero-order valence-corrected chi connectivity index (χ0v) is 16.8. The topological polar surface area (TPSA) is 112 Å². The number of nitrogens with one attached hydrogen (secondary N) is 2. The molecule has 2 N–H and O–H groups in total. The lowest BCUT2D eigenvalue weighted by molar-refractivity contribution is -0.155. The molecule has 0 fully saturated rings. The number of benzene rings is 2. The first-order valence-electron chi connectivity index (χ1n) is 9.20. The highest BCUT2D eigenvalue weighted by atomic mass is 16.6. The van der Waals surface area contributed by atoms with Crippen LogP contribution in [0.3, 0.4) is 0 Å². The zero-order chi connectivity index (χ0) is 21.7. The summed E-state index contributed by atoms with van der Waals surface area (Å²) in [5.41, 5.74) is 0.988. The Morgan fingerprint density at radius 2 is 1.87 bits per heavy atom. The fourth-order valence-electron chi connectivity index (χ4n) is 2.84. The molecule has 0 aliphatic carbocycles. The number of amides is 2. The van der Waals surface area contributed by atoms with Crippen molar-refractivity contribution in [1.82, 2.24) is 0 Å². The van der Waals surface area contributed by atoms with E-state index >= 15 is 0 Å². The lowest BCUT2D eigenvalue weighted by Crippen LogP contribution is -2.40. The van der Waals surface area contributed by atoms with Gasteiger partial charge in [0.2, 0.25) is 0 Å². The van der Waals surface area contributed by atoms with E-state index in [0.717, 1.165) is 0 Å². The van der Waals surface area contributed by atoms with Crippen LogP contribution in [0.2, 0.25) is 0 Å². The number of carbonyl (C=O) groups excluding carboxylic acids is 3. The molecule has 158 valence electrons. The number of rotatable bonds is 7. The second kappa shape index (κ2) is 9.17. The molecule has 9 heteroatoms. The Kier molecular flexibility index (Phi) is 6.41. The van der Waals surface area contributed by atoms with E-state index in [2.05, 4.69) is 10.6 Å². The van der Waals surface area contributed by atoms with Gasteiger partial charge in [-0.15, -0.1) is 0 Å². The quantitative estimate of drug-likeness (QED) is 0.669. The Morgan fingerprint density at radius 3 is 2.60 bits per heavy atom. The summed E-state index contributed by atoms with van der Waals surface area (Å²) < 4.78 is 21.1. The van der Waals surface area contributed by atoms with Gasteiger partial charge in [0.1, 0.15) is 5.75 Å². The van der Waals surface area contributed by atoms with Crippen molar-refractivity contribution in [1.29, 1.82) is 0 Å². The molecule has 0 spiro atoms. The van der Waals surface area contributed by atoms with Crippen LogP contribution in [0.1, 0.15) is 13.3 Å². The largest absolute Gasteiger partial charge is 0.493 e. The maximum atomic E-state index is 12.4. The first-order chi connectivity index (χ1) is 14.4. The van der Waals surface area contributed by atoms with Crippen molar-refractivity contribution in [2.75, 3.05) is 24.9 Å². The number of ether oxygens (including phenoxy) is 4. The molecular weight excluding hydrogens is 392 g/mol. The molecule has 1 heterocycles. The highest BCUT2D eigenvalue weighted by Gasteiger charge is 2.31. The number of esters is 1. The van der Waals surface area contributed by atoms with Gasteiger partial charge in [-0.3, -0.25) is 14.4 Å². The van der Waals surface area contributed by atoms with Crippen molar-refractivity contribution in [3.63, 3.8) is 0 Å². The minimum absolute atomic E-state index is 0.325. The molecular formula is C21H22N2O7. The van der Waals surface area contributed by atoms with Crippen LogP contribution in [0, 0.1) is 0 Å². The minimum atomic E-state index is -1.08. The standard InChI is InChI=1S/C21H22N2O7/c1-12(20(25)22-13-8-9-16(27-2)17(10-13)28-3)29-19(24)11-18-21(26)23-14-6-4-5-7-15(14)30-18/h4-10,12,18H,11H2,1-3H3,(H,22,25)(H,23,26)/t12-,18-/m0/s1. The van der Waals surface area contributed by atoms with Crippen LogP contribution in [-0.2, 0) is 19.1 Å². The summed E-state index contributed by atoms with van der Waals surface area (Å²) in [5, 5.41) is 5.31. The number of fused-ring (bicyclic) bond motifs is 1. The Morgan fingerprint density at radius 1 is 1.13 bits per heavy atom. The van der Waals surface area contributed by atoms with E-state index < -0.39 is 30.0 Å². The number of methoxy groups -OCH3 is 2. The van der Waals surface area contributed by atoms with Gasteiger partial charge in [-0.25, -0.2) is 0 Å². The maximum Gasteiger partial charge on any atom is 0.310 e. The summed E-state index contributed by atoms with van der Waals surface area (Å²) in [4.78, 5) is 36.7. The summed E-state index contributed by atoms with van der Waals surface area (Å²) in [7, 11) is 2.99. The van der Waals surface area contributed by atoms with Crippen molar-refractivity contribution in [3.05, 3.63) is 42.5 Å². The van der Waals surface area contributed by atoms with Crippen molar-refractivity contribution < 1.29 is 33.3 Å². The molecule has 0 saturated heterocycles. The Balaban J connectivity index is 1.55. The zero-order valence-electron chi connectivity index (χ0n) is 16.8. The van der Waals surface area contributed by atoms with Gasteiger partial charge in [0.25, 0.3) is 11.8 Å². The van der Waals surface area contributed by atoms with Gasteiger partial charge < -0.3 is 29.6 Å². The number of para-hydroxylation sites is 2. The normalized spacial score (nSPS) is 15.7. The third kappa shape index (κ3) is 4.80. The number of hydrogen-bond donors (Lipinski definition) is 2. The van der Waals surface area contributed by atoms with Crippen LogP contribution in [0.5, 0.6) is 17.2 Å². The van der Waals surface area contributed by atoms with Crippen LogP contribution < -0.4 is 24.8 Å². The van der Waals surface area contributed by atoms with Gasteiger partial charge in [0.15, 0.2) is 23.7 Å². The lowest BCUT2D eigenvalue weighted by atomic mass is 10.1. The molecule has 1 aliphatic rings. The second-order valence-corrected chi connectivity index (χ2v) is 6.49. The van der Waals surface area contributed by atoms with Crippen LogP contribution in [-0.4, -0.2) is 44.2 Å². The van der Waals surface area contributed by atoms with Crippen LogP contribution in [0.25, 0.3) is 0 Å². The van der Waals surface area contributed by atoms with Gasteiger partial charge in [0, 0.05) is 11.8 Å². The van der Waals surface area contributed by atoms with E-state index in [1.54, 1.807) is 42.5 Å². The number of anilines is 2. The summed E-state index contributed by atoms with van der Waals surface area (Å²) in [5.74, 6) is -0.287. The molecule has 2 amide bonds. The van der Waals surface area contributed by atoms with Crippen LogP contribution >= 0.6 is 0 Å². The molecule has 9 nitrogen and oxygen atoms in total. The number of carbonyl (C=O) groups is 3. The number of hydrogen-bond acceptors (Lipinski definition) is 7. The third-order valence-electron chi connectivity index (χ3n) is 4.39. The predicted octanol–water partition coefficient (Wildman–Crippen LogP) is 2.36. The summed E-state index contributed by atoms with van der Waals surface area (Å²) in [6.07, 6.45) is -2.44. The molecule has 0 aromatic heterocycles. The molecule has 3 rings (SSSR count). The Labute approximate surface area is 173 Å². The monoisotopic (exact) mass is 414 g/mol. The highest BCUT2D eigenvalue weighted by Crippen LogP contribution is 2.30. The van der Waals surface area contributed by atoms with Crippen molar-refractivity contribution >= 4 is 29.2 Å². The molecule has 30 heavy (non-hydrogen) atoms. The lowest BCUT2D eigenvalue weighted by Gasteiger charge is -2.25. The SMILES string of the molecule is COc1ccc(NC(=O)[C@H](C)OC(=O)C[C@@H]2Oc3ccccc3NC2=O)cc1OC. The molecule has 2 aromatic rings. The molecule has 2 atom stereocenters. The van der Waals surface area contributed by atoms with E-state index in [1.807, 2.05) is 0 Å². The fourth-order valence-corrected chi connectivity index (χ4v) is 2.84. The average molecular weight is 414 g/mol. The van der Waals surface area contributed by atoms with E-state index in [0.29, 0.717) is 28.6 Å².